The number of halogens is 4. The maximum atomic E-state index is 13.3. The molecule has 0 unspecified atom stereocenters. The summed E-state index contributed by atoms with van der Waals surface area (Å²) in [5.41, 5.74) is 2.64. The van der Waals surface area contributed by atoms with Gasteiger partial charge in [0.1, 0.15) is 33.5 Å². The van der Waals surface area contributed by atoms with Crippen LogP contribution in [0.15, 0.2) is 65.2 Å². The number of fused-ring (bicyclic) bond motifs is 1. The molecule has 196 valence electrons. The molecule has 0 saturated carbocycles. The molecule has 0 atom stereocenters. The number of aromatic nitrogens is 4. The second kappa shape index (κ2) is 10.5. The van der Waals surface area contributed by atoms with E-state index in [9.17, 15) is 23.2 Å². The highest BCUT2D eigenvalue weighted by molar-refractivity contribution is 7.14. The van der Waals surface area contributed by atoms with Gasteiger partial charge in [0.25, 0.3) is 5.56 Å². The third kappa shape index (κ3) is 5.21. The molecule has 0 aliphatic heterocycles. The van der Waals surface area contributed by atoms with Crippen molar-refractivity contribution in [3.05, 3.63) is 103 Å². The van der Waals surface area contributed by atoms with Crippen LogP contribution in [0.3, 0.4) is 0 Å². The first kappa shape index (κ1) is 26.3. The number of benzene rings is 1. The predicted molar refractivity (Wildman–Crippen MR) is 141 cm³/mol. The summed E-state index contributed by atoms with van der Waals surface area (Å²) in [5, 5.41) is 10.5. The van der Waals surface area contributed by atoms with E-state index in [1.807, 2.05) is 19.1 Å². The zero-order valence-electron chi connectivity index (χ0n) is 20.2. The van der Waals surface area contributed by atoms with Gasteiger partial charge in [-0.05, 0) is 37.3 Å². The van der Waals surface area contributed by atoms with Crippen LogP contribution in [-0.2, 0) is 19.3 Å². The van der Waals surface area contributed by atoms with Crippen LogP contribution in [0, 0.1) is 18.3 Å². The summed E-state index contributed by atoms with van der Waals surface area (Å²) in [6.07, 6.45) is -2.19. The predicted octanol–water partition coefficient (Wildman–Crippen LogP) is 6.39. The van der Waals surface area contributed by atoms with Crippen LogP contribution in [0.5, 0.6) is 5.75 Å². The summed E-state index contributed by atoms with van der Waals surface area (Å²) in [7, 11) is 0. The molecule has 5 rings (SSSR count). The number of alkyl halides is 3. The monoisotopic (exact) mass is 567 g/mol. The number of aryl methyl sites for hydroxylation is 1. The lowest BCUT2D eigenvalue weighted by atomic mass is 10.0. The van der Waals surface area contributed by atoms with E-state index in [0.717, 1.165) is 27.6 Å². The number of para-hydroxylation sites is 1. The first-order valence-corrected chi connectivity index (χ1v) is 12.7. The van der Waals surface area contributed by atoms with Crippen LogP contribution >= 0.6 is 22.9 Å². The second-order valence-electron chi connectivity index (χ2n) is 8.48. The SMILES string of the molecule is Cc1cc(-c2ncsc2Cl)c2cccc(OCc3c(C#N)ccnc3Cn3cccc(C(F)(F)F)c3=O)c2n1. The summed E-state index contributed by atoms with van der Waals surface area (Å²) in [4.78, 5) is 25.8. The summed E-state index contributed by atoms with van der Waals surface area (Å²) in [6.45, 7) is 1.41. The van der Waals surface area contributed by atoms with Crippen LogP contribution in [0.1, 0.15) is 28.1 Å². The van der Waals surface area contributed by atoms with Crippen molar-refractivity contribution in [1.82, 2.24) is 19.5 Å². The smallest absolute Gasteiger partial charge is 0.421 e. The fourth-order valence-electron chi connectivity index (χ4n) is 4.20. The van der Waals surface area contributed by atoms with Crippen molar-refractivity contribution in [3.63, 3.8) is 0 Å². The van der Waals surface area contributed by atoms with Crippen molar-refractivity contribution in [2.75, 3.05) is 0 Å². The van der Waals surface area contributed by atoms with Crippen LogP contribution < -0.4 is 10.3 Å². The Balaban J connectivity index is 1.53. The molecule has 0 bridgehead atoms. The second-order valence-corrected chi connectivity index (χ2v) is 9.93. The molecule has 4 aromatic heterocycles. The van der Waals surface area contributed by atoms with E-state index in [2.05, 4.69) is 21.0 Å². The Bertz CT molecular complexity index is 1810. The lowest BCUT2D eigenvalue weighted by Crippen LogP contribution is -2.29. The molecule has 0 aliphatic carbocycles. The van der Waals surface area contributed by atoms with E-state index in [1.54, 1.807) is 17.6 Å². The van der Waals surface area contributed by atoms with Crippen molar-refractivity contribution >= 4 is 33.8 Å². The largest absolute Gasteiger partial charge is 0.486 e. The molecule has 0 fully saturated rings. The van der Waals surface area contributed by atoms with Crippen molar-refractivity contribution in [1.29, 1.82) is 5.26 Å². The third-order valence-corrected chi connectivity index (χ3v) is 7.05. The Morgan fingerprint density at radius 3 is 2.72 bits per heavy atom. The minimum atomic E-state index is -4.80. The molecule has 0 radical (unpaired) electrons. The van der Waals surface area contributed by atoms with Gasteiger partial charge in [0.15, 0.2) is 0 Å². The van der Waals surface area contributed by atoms with Gasteiger partial charge in [0, 0.05) is 34.6 Å². The van der Waals surface area contributed by atoms with Crippen molar-refractivity contribution in [3.8, 4) is 23.1 Å². The van der Waals surface area contributed by atoms with E-state index >= 15 is 0 Å². The number of nitrogens with zero attached hydrogens (tertiary/aromatic N) is 5. The van der Waals surface area contributed by atoms with Crippen molar-refractivity contribution in [2.45, 2.75) is 26.3 Å². The molecule has 0 amide bonds. The quantitative estimate of drug-likeness (QED) is 0.236. The van der Waals surface area contributed by atoms with Crippen LogP contribution in [0.25, 0.3) is 22.2 Å². The topological polar surface area (TPSA) is 93.7 Å². The Kier molecular flexibility index (Phi) is 7.08. The highest BCUT2D eigenvalue weighted by Crippen LogP contribution is 2.37. The molecule has 0 aliphatic rings. The fraction of sp³-hybridized carbons (Fsp3) is 0.148. The van der Waals surface area contributed by atoms with Gasteiger partial charge in [-0.2, -0.15) is 18.4 Å². The van der Waals surface area contributed by atoms with Gasteiger partial charge in [0.2, 0.25) is 0 Å². The Hall–Kier alpha value is -4.27. The molecule has 4 heterocycles. The lowest BCUT2D eigenvalue weighted by molar-refractivity contribution is -0.138. The molecule has 0 spiro atoms. The molecule has 12 heteroatoms. The summed E-state index contributed by atoms with van der Waals surface area (Å²) in [5.74, 6) is 0.415. The zero-order valence-corrected chi connectivity index (χ0v) is 21.7. The highest BCUT2D eigenvalue weighted by atomic mass is 35.5. The van der Waals surface area contributed by atoms with E-state index in [-0.39, 0.29) is 24.4 Å². The minimum absolute atomic E-state index is 0.138. The van der Waals surface area contributed by atoms with Crippen LogP contribution in [0.4, 0.5) is 13.2 Å². The van der Waals surface area contributed by atoms with Gasteiger partial charge in [0.05, 0.1) is 29.4 Å². The first-order valence-electron chi connectivity index (χ1n) is 11.4. The molecule has 0 saturated heterocycles. The Morgan fingerprint density at radius 2 is 2.00 bits per heavy atom. The average Bonchev–Trinajstić information content (AvgIpc) is 3.33. The van der Waals surface area contributed by atoms with Gasteiger partial charge in [-0.3, -0.25) is 9.78 Å². The van der Waals surface area contributed by atoms with E-state index in [0.29, 0.717) is 32.6 Å². The van der Waals surface area contributed by atoms with E-state index < -0.39 is 17.3 Å². The standard InChI is InChI=1S/C27H17ClF3N5O2S/c1-15-10-18(24-25(28)39-14-34-24)17-4-2-6-22(23(17)35-15)38-13-19-16(11-32)7-8-33-21(19)12-36-9-3-5-20(26(36)37)27(29,30)31/h2-10,14H,12-13H2,1H3. The normalized spacial score (nSPS) is 11.5. The fourth-order valence-corrected chi connectivity index (χ4v) is 4.99. The third-order valence-electron chi connectivity index (χ3n) is 5.99. The molecule has 39 heavy (non-hydrogen) atoms. The molecule has 1 aromatic carbocycles. The van der Waals surface area contributed by atoms with Crippen molar-refractivity contribution in [2.24, 2.45) is 0 Å². The van der Waals surface area contributed by atoms with Crippen LogP contribution in [-0.4, -0.2) is 19.5 Å². The van der Waals surface area contributed by atoms with Crippen LogP contribution in [0.2, 0.25) is 4.34 Å². The Morgan fingerprint density at radius 1 is 1.18 bits per heavy atom. The first-order chi connectivity index (χ1) is 18.7. The molecular formula is C27H17ClF3N5O2S. The van der Waals surface area contributed by atoms with E-state index in [4.69, 9.17) is 16.3 Å². The molecular weight excluding hydrogens is 551 g/mol. The highest BCUT2D eigenvalue weighted by Gasteiger charge is 2.34. The number of thiazole rings is 1. The van der Waals surface area contributed by atoms with Gasteiger partial charge in [-0.25, -0.2) is 9.97 Å². The van der Waals surface area contributed by atoms with Crippen molar-refractivity contribution < 1.29 is 17.9 Å². The maximum absolute atomic E-state index is 13.3. The number of pyridine rings is 3. The maximum Gasteiger partial charge on any atom is 0.421 e. The summed E-state index contributed by atoms with van der Waals surface area (Å²) in [6, 6.07) is 12.7. The van der Waals surface area contributed by atoms with Gasteiger partial charge in [-0.1, -0.05) is 23.7 Å². The summed E-state index contributed by atoms with van der Waals surface area (Å²) >= 11 is 7.66. The number of ether oxygens (including phenoxy) is 1. The molecule has 5 aromatic rings. The average molecular weight is 568 g/mol. The van der Waals surface area contributed by atoms with Gasteiger partial charge < -0.3 is 9.30 Å². The Labute approximate surface area is 228 Å². The number of hydrogen-bond donors (Lipinski definition) is 0. The number of nitriles is 1. The van der Waals surface area contributed by atoms with Gasteiger partial charge in [-0.15, -0.1) is 11.3 Å². The molecule has 7 nitrogen and oxygen atoms in total. The molecule has 0 N–H and O–H groups in total. The number of hydrogen-bond acceptors (Lipinski definition) is 7. The summed E-state index contributed by atoms with van der Waals surface area (Å²) < 4.78 is 47.3. The lowest BCUT2D eigenvalue weighted by Gasteiger charge is -2.15. The number of rotatable bonds is 6. The minimum Gasteiger partial charge on any atom is -0.486 e. The van der Waals surface area contributed by atoms with E-state index in [1.165, 1.54) is 29.8 Å². The zero-order chi connectivity index (χ0) is 27.7. The van der Waals surface area contributed by atoms with Gasteiger partial charge >= 0.3 is 6.18 Å².